The van der Waals surface area contributed by atoms with Crippen molar-refractivity contribution in [2.75, 3.05) is 24.7 Å². The van der Waals surface area contributed by atoms with Gasteiger partial charge in [-0.25, -0.2) is 4.79 Å². The third kappa shape index (κ3) is 6.97. The van der Waals surface area contributed by atoms with Crippen LogP contribution in [0.3, 0.4) is 0 Å². The van der Waals surface area contributed by atoms with Gasteiger partial charge in [-0.15, -0.1) is 0 Å². The Hall–Kier alpha value is -2.01. The van der Waals surface area contributed by atoms with Crippen molar-refractivity contribution in [3.05, 3.63) is 35.9 Å². The van der Waals surface area contributed by atoms with Crippen LogP contribution in [0.4, 0.5) is 11.4 Å². The Bertz CT molecular complexity index is 1110. The lowest BCUT2D eigenvalue weighted by Gasteiger charge is -2.61. The van der Waals surface area contributed by atoms with Gasteiger partial charge in [-0.05, 0) is 134 Å². The van der Waals surface area contributed by atoms with Crippen LogP contribution < -0.4 is 11.5 Å². The monoisotopic (exact) mass is 592 g/mol. The van der Waals surface area contributed by atoms with E-state index < -0.39 is 5.97 Å². The van der Waals surface area contributed by atoms with Gasteiger partial charge in [-0.3, -0.25) is 0 Å². The van der Waals surface area contributed by atoms with Crippen LogP contribution in [0.2, 0.25) is 0 Å². The van der Waals surface area contributed by atoms with Gasteiger partial charge >= 0.3 is 5.97 Å². The highest BCUT2D eigenvalue weighted by Crippen LogP contribution is 2.68. The summed E-state index contributed by atoms with van der Waals surface area (Å²) in [5.41, 5.74) is 13.9. The highest BCUT2D eigenvalue weighted by atomic mass is 16.5. The lowest BCUT2D eigenvalue weighted by Crippen LogP contribution is -2.54. The first-order valence-electron chi connectivity index (χ1n) is 17.6. The number of hydrogen-bond donors (Lipinski definition) is 2. The van der Waals surface area contributed by atoms with E-state index in [1.54, 1.807) is 18.2 Å². The van der Waals surface area contributed by atoms with Gasteiger partial charge in [0.05, 0.1) is 18.3 Å². The lowest BCUT2D eigenvalue weighted by molar-refractivity contribution is -0.135. The topological polar surface area (TPSA) is 87.6 Å². The third-order valence-corrected chi connectivity index (χ3v) is 12.9. The highest BCUT2D eigenvalue weighted by Gasteiger charge is 2.60. The molecule has 5 rings (SSSR count). The van der Waals surface area contributed by atoms with Crippen molar-refractivity contribution >= 4 is 17.3 Å². The summed E-state index contributed by atoms with van der Waals surface area (Å²) in [6.45, 7) is 13.5. The predicted molar refractivity (Wildman–Crippen MR) is 177 cm³/mol. The largest absolute Gasteiger partial charge is 0.458 e. The van der Waals surface area contributed by atoms with Crippen LogP contribution in [-0.4, -0.2) is 25.3 Å². The van der Waals surface area contributed by atoms with Crippen LogP contribution in [0.25, 0.3) is 0 Å². The summed E-state index contributed by atoms with van der Waals surface area (Å²) in [5, 5.41) is 0. The molecule has 1 aromatic rings. The van der Waals surface area contributed by atoms with Gasteiger partial charge in [0.25, 0.3) is 0 Å². The molecule has 5 nitrogen and oxygen atoms in total. The maximum Gasteiger partial charge on any atom is 0.338 e. The van der Waals surface area contributed by atoms with E-state index in [1.165, 1.54) is 77.0 Å². The van der Waals surface area contributed by atoms with Crippen LogP contribution >= 0.6 is 0 Å². The summed E-state index contributed by atoms with van der Waals surface area (Å²) in [6, 6.07) is 4.80. The van der Waals surface area contributed by atoms with E-state index in [-0.39, 0.29) is 6.61 Å². The maximum absolute atomic E-state index is 12.3. The second-order valence-corrected chi connectivity index (χ2v) is 15.9. The Labute approximate surface area is 261 Å². The quantitative estimate of drug-likeness (QED) is 0.152. The lowest BCUT2D eigenvalue weighted by atomic mass is 9.44. The molecule has 5 heteroatoms. The fourth-order valence-corrected chi connectivity index (χ4v) is 10.7. The fourth-order valence-electron chi connectivity index (χ4n) is 10.7. The second kappa shape index (κ2) is 13.5. The summed E-state index contributed by atoms with van der Waals surface area (Å²) in [4.78, 5) is 12.3. The number of benzene rings is 1. The van der Waals surface area contributed by atoms with Crippen LogP contribution in [0.5, 0.6) is 0 Å². The second-order valence-electron chi connectivity index (χ2n) is 15.9. The average Bonchev–Trinajstić information content (AvgIpc) is 3.31. The van der Waals surface area contributed by atoms with Crippen LogP contribution in [0.1, 0.15) is 122 Å². The van der Waals surface area contributed by atoms with Crippen molar-refractivity contribution < 1.29 is 14.3 Å². The molecule has 0 amide bonds. The summed E-state index contributed by atoms with van der Waals surface area (Å²) in [5.74, 6) is 5.83. The first-order valence-corrected chi connectivity index (χ1v) is 17.6. The zero-order valence-electron chi connectivity index (χ0n) is 27.8. The van der Waals surface area contributed by atoms with Gasteiger partial charge in [-0.2, -0.15) is 0 Å². The van der Waals surface area contributed by atoms with Crippen molar-refractivity contribution in [1.82, 2.24) is 0 Å². The molecular weight excluding hydrogens is 532 g/mol. The summed E-state index contributed by atoms with van der Waals surface area (Å²) in [7, 11) is 0. The maximum atomic E-state index is 12.3. The number of ether oxygens (including phenoxy) is 2. The molecule has 0 bridgehead atoms. The van der Waals surface area contributed by atoms with Gasteiger partial charge in [0.2, 0.25) is 0 Å². The average molecular weight is 593 g/mol. The van der Waals surface area contributed by atoms with Gasteiger partial charge < -0.3 is 20.9 Å². The molecule has 0 saturated heterocycles. The molecule has 1 aromatic carbocycles. The first kappa shape index (κ1) is 32.4. The molecule has 4 saturated carbocycles. The van der Waals surface area contributed by atoms with E-state index in [0.717, 1.165) is 41.4 Å². The van der Waals surface area contributed by atoms with Crippen molar-refractivity contribution in [2.45, 2.75) is 118 Å². The number of nitrogen functional groups attached to an aromatic ring is 2. The molecule has 0 aliphatic heterocycles. The Kier molecular flexibility index (Phi) is 10.2. The van der Waals surface area contributed by atoms with Crippen molar-refractivity contribution in [1.29, 1.82) is 0 Å². The van der Waals surface area contributed by atoms with Crippen LogP contribution in [-0.2, 0) is 9.47 Å². The summed E-state index contributed by atoms with van der Waals surface area (Å²) < 4.78 is 11.7. The Morgan fingerprint density at radius 2 is 1.58 bits per heavy atom. The number of esters is 1. The third-order valence-electron chi connectivity index (χ3n) is 12.9. The molecule has 9 atom stereocenters. The smallest absolute Gasteiger partial charge is 0.338 e. The highest BCUT2D eigenvalue weighted by molar-refractivity contribution is 5.91. The molecule has 4 fully saturated rings. The van der Waals surface area contributed by atoms with E-state index in [2.05, 4.69) is 34.6 Å². The van der Waals surface area contributed by atoms with Gasteiger partial charge in [0.1, 0.15) is 6.61 Å². The molecule has 240 valence electrons. The zero-order chi connectivity index (χ0) is 30.8. The Morgan fingerprint density at radius 3 is 2.33 bits per heavy atom. The Balaban J connectivity index is 1.08. The summed E-state index contributed by atoms with van der Waals surface area (Å²) in [6.07, 6.45) is 20.8. The summed E-state index contributed by atoms with van der Waals surface area (Å²) >= 11 is 0. The standard InChI is InChI=1S/C38H60N2O3/c1-25(2)9-8-10-26(3)33-13-14-34-32-12-11-28-23-31(15-17-37(28,4)35(32)16-18-38(33,34)5)42-19-6-7-20-43-36(41)27-21-29(39)24-30(40)22-27/h6-7,21-22,24-26,28,31-35H,8-20,23,39-40H2,1-5H3/b7-6+. The normalized spacial score (nSPS) is 36.2. The minimum atomic E-state index is -0.418. The zero-order valence-corrected chi connectivity index (χ0v) is 27.8. The Morgan fingerprint density at radius 1 is 0.884 bits per heavy atom. The first-order chi connectivity index (χ1) is 20.5. The number of hydrogen-bond acceptors (Lipinski definition) is 5. The van der Waals surface area contributed by atoms with Crippen LogP contribution in [0.15, 0.2) is 30.4 Å². The molecule has 9 unspecified atom stereocenters. The predicted octanol–water partition coefficient (Wildman–Crippen LogP) is 9.07. The molecule has 0 radical (unpaired) electrons. The number of anilines is 2. The molecule has 4 aliphatic carbocycles. The SMILES string of the molecule is CC(C)CCCC(C)C1CCC2C3CCC4CC(OC/C=C/COC(=O)c5cc(N)cc(N)c5)CCC4(C)C3CCC12C. The van der Waals surface area contributed by atoms with Crippen LogP contribution in [0, 0.1) is 52.3 Å². The number of fused-ring (bicyclic) bond motifs is 5. The van der Waals surface area contributed by atoms with Crippen molar-refractivity contribution in [2.24, 2.45) is 52.3 Å². The molecule has 0 aromatic heterocycles. The van der Waals surface area contributed by atoms with Crippen molar-refractivity contribution in [3.8, 4) is 0 Å². The van der Waals surface area contributed by atoms with E-state index in [9.17, 15) is 4.79 Å². The molecule has 0 heterocycles. The fraction of sp³-hybridized carbons (Fsp3) is 0.763. The van der Waals surface area contributed by atoms with E-state index in [0.29, 0.717) is 40.5 Å². The number of rotatable bonds is 11. The van der Waals surface area contributed by atoms with Gasteiger partial charge in [-0.1, -0.05) is 60.0 Å². The van der Waals surface area contributed by atoms with Gasteiger partial charge in [0, 0.05) is 11.4 Å². The molecule has 4 N–H and O–H groups in total. The number of carbonyl (C=O) groups is 1. The molecule has 4 aliphatic rings. The van der Waals surface area contributed by atoms with E-state index >= 15 is 0 Å². The van der Waals surface area contributed by atoms with Crippen molar-refractivity contribution in [3.63, 3.8) is 0 Å². The molecule has 43 heavy (non-hydrogen) atoms. The minimum absolute atomic E-state index is 0.211. The number of carbonyl (C=O) groups excluding carboxylic acids is 1. The van der Waals surface area contributed by atoms with E-state index in [4.69, 9.17) is 20.9 Å². The number of nitrogens with two attached hydrogens (primary N) is 2. The molecular formula is C38H60N2O3. The van der Waals surface area contributed by atoms with Gasteiger partial charge in [0.15, 0.2) is 0 Å². The van der Waals surface area contributed by atoms with E-state index in [1.807, 2.05) is 12.2 Å². The minimum Gasteiger partial charge on any atom is -0.458 e. The molecule has 0 spiro atoms.